The molecule has 0 unspecified atom stereocenters. The number of halogens is 2. The molecule has 0 bridgehead atoms. The predicted octanol–water partition coefficient (Wildman–Crippen LogP) is 5.93. The second-order valence-electron chi connectivity index (χ2n) is 6.65. The number of anilines is 1. The van der Waals surface area contributed by atoms with E-state index in [9.17, 15) is 9.59 Å². The third-order valence-electron chi connectivity index (χ3n) is 4.40. The van der Waals surface area contributed by atoms with Gasteiger partial charge in [0.2, 0.25) is 0 Å². The lowest BCUT2D eigenvalue weighted by molar-refractivity contribution is -0.142. The molecule has 5 nitrogen and oxygen atoms in total. The minimum atomic E-state index is -0.369. The molecule has 7 heteroatoms. The number of rotatable bonds is 8. The second kappa shape index (κ2) is 10.8. The Morgan fingerprint density at radius 3 is 2.39 bits per heavy atom. The Kier molecular flexibility index (Phi) is 7.93. The normalized spacial score (nSPS) is 10.4. The number of nitrogens with one attached hydrogen (secondary N) is 1. The molecule has 0 fully saturated rings. The van der Waals surface area contributed by atoms with Gasteiger partial charge in [-0.25, -0.2) is 0 Å². The lowest BCUT2D eigenvalue weighted by atomic mass is 10.1. The summed E-state index contributed by atoms with van der Waals surface area (Å²) in [5.41, 5.74) is 2.50. The number of ether oxygens (including phenoxy) is 2. The zero-order valence-corrected chi connectivity index (χ0v) is 18.4. The zero-order valence-electron chi connectivity index (χ0n) is 16.9. The first kappa shape index (κ1) is 22.7. The van der Waals surface area contributed by atoms with Gasteiger partial charge in [-0.3, -0.25) is 9.59 Å². The Bertz CT molecular complexity index is 1070. The highest BCUT2D eigenvalue weighted by Crippen LogP contribution is 2.25. The SMILES string of the molecule is CCOC(=O)Cc1ccc(NC(=O)c2cc(OCc3ccccc3Cl)ccc2Cl)cc1. The van der Waals surface area contributed by atoms with E-state index in [-0.39, 0.29) is 30.5 Å². The summed E-state index contributed by atoms with van der Waals surface area (Å²) < 4.78 is 10.7. The molecule has 0 saturated heterocycles. The summed E-state index contributed by atoms with van der Waals surface area (Å²) in [7, 11) is 0. The molecule has 0 spiro atoms. The van der Waals surface area contributed by atoms with E-state index < -0.39 is 0 Å². The molecule has 3 aromatic carbocycles. The van der Waals surface area contributed by atoms with Gasteiger partial charge in [0.05, 0.1) is 23.6 Å². The van der Waals surface area contributed by atoms with Crippen LogP contribution in [0.15, 0.2) is 66.7 Å². The van der Waals surface area contributed by atoms with Crippen LogP contribution in [-0.4, -0.2) is 18.5 Å². The van der Waals surface area contributed by atoms with Crippen molar-refractivity contribution in [3.63, 3.8) is 0 Å². The topological polar surface area (TPSA) is 64.6 Å². The van der Waals surface area contributed by atoms with Gasteiger partial charge in [0.15, 0.2) is 0 Å². The van der Waals surface area contributed by atoms with Crippen molar-refractivity contribution in [2.75, 3.05) is 11.9 Å². The van der Waals surface area contributed by atoms with Crippen molar-refractivity contribution >= 4 is 40.8 Å². The lowest BCUT2D eigenvalue weighted by Crippen LogP contribution is -2.13. The number of hydrogen-bond acceptors (Lipinski definition) is 4. The molecule has 160 valence electrons. The average molecular weight is 458 g/mol. The molecule has 0 aliphatic rings. The third-order valence-corrected chi connectivity index (χ3v) is 5.10. The molecule has 0 aliphatic carbocycles. The molecule has 0 heterocycles. The first-order chi connectivity index (χ1) is 15.0. The number of benzene rings is 3. The molecule has 0 aromatic heterocycles. The highest BCUT2D eigenvalue weighted by atomic mass is 35.5. The maximum absolute atomic E-state index is 12.7. The Hall–Kier alpha value is -3.02. The van der Waals surface area contributed by atoms with Crippen LogP contribution < -0.4 is 10.1 Å². The quantitative estimate of drug-likeness (QED) is 0.425. The Morgan fingerprint density at radius 2 is 1.68 bits per heavy atom. The van der Waals surface area contributed by atoms with Gasteiger partial charge in [-0.05, 0) is 48.9 Å². The number of amides is 1. The summed E-state index contributed by atoms with van der Waals surface area (Å²) in [6, 6.07) is 19.2. The molecule has 1 amide bonds. The van der Waals surface area contributed by atoms with E-state index in [1.165, 1.54) is 0 Å². The van der Waals surface area contributed by atoms with E-state index in [0.29, 0.717) is 28.1 Å². The molecule has 0 aliphatic heterocycles. The Morgan fingerprint density at radius 1 is 0.935 bits per heavy atom. The monoisotopic (exact) mass is 457 g/mol. The first-order valence-corrected chi connectivity index (χ1v) is 10.4. The van der Waals surface area contributed by atoms with Crippen LogP contribution in [0.2, 0.25) is 10.0 Å². The number of carbonyl (C=O) groups excluding carboxylic acids is 2. The lowest BCUT2D eigenvalue weighted by Gasteiger charge is -2.11. The molecule has 0 atom stereocenters. The summed E-state index contributed by atoms with van der Waals surface area (Å²) in [5.74, 6) is -0.162. The van der Waals surface area contributed by atoms with Crippen LogP contribution in [0.4, 0.5) is 5.69 Å². The van der Waals surface area contributed by atoms with Crippen LogP contribution in [0.1, 0.15) is 28.4 Å². The summed E-state index contributed by atoms with van der Waals surface area (Å²) >= 11 is 12.4. The largest absolute Gasteiger partial charge is 0.489 e. The van der Waals surface area contributed by atoms with E-state index >= 15 is 0 Å². The number of carbonyl (C=O) groups is 2. The first-order valence-electron chi connectivity index (χ1n) is 9.68. The van der Waals surface area contributed by atoms with Crippen LogP contribution in [0, 0.1) is 0 Å². The van der Waals surface area contributed by atoms with Crippen LogP contribution >= 0.6 is 23.2 Å². The summed E-state index contributed by atoms with van der Waals surface area (Å²) in [4.78, 5) is 24.3. The van der Waals surface area contributed by atoms with Crippen molar-refractivity contribution in [1.29, 1.82) is 0 Å². The highest BCUT2D eigenvalue weighted by molar-refractivity contribution is 6.34. The van der Waals surface area contributed by atoms with E-state index in [4.69, 9.17) is 32.7 Å². The van der Waals surface area contributed by atoms with Crippen LogP contribution in [-0.2, 0) is 22.6 Å². The molecular weight excluding hydrogens is 437 g/mol. The number of esters is 1. The fraction of sp³-hybridized carbons (Fsp3) is 0.167. The molecule has 3 rings (SSSR count). The average Bonchev–Trinajstić information content (AvgIpc) is 2.75. The van der Waals surface area contributed by atoms with Crippen molar-refractivity contribution in [3.8, 4) is 5.75 Å². The van der Waals surface area contributed by atoms with Crippen molar-refractivity contribution in [3.05, 3.63) is 93.5 Å². The van der Waals surface area contributed by atoms with Crippen molar-refractivity contribution in [1.82, 2.24) is 0 Å². The summed E-state index contributed by atoms with van der Waals surface area (Å²) in [6.07, 6.45) is 0.179. The molecular formula is C24H21Cl2NO4. The van der Waals surface area contributed by atoms with E-state index in [0.717, 1.165) is 11.1 Å². The molecule has 31 heavy (non-hydrogen) atoms. The second-order valence-corrected chi connectivity index (χ2v) is 7.47. The van der Waals surface area contributed by atoms with Gasteiger partial charge >= 0.3 is 5.97 Å². The minimum Gasteiger partial charge on any atom is -0.489 e. The van der Waals surface area contributed by atoms with E-state index in [1.54, 1.807) is 55.5 Å². The van der Waals surface area contributed by atoms with Gasteiger partial charge in [-0.2, -0.15) is 0 Å². The standard InChI is InChI=1S/C24H21Cl2NO4/c1-2-30-23(28)13-16-7-9-18(10-8-16)27-24(29)20-14-19(11-12-22(20)26)31-15-17-5-3-4-6-21(17)25/h3-12,14H,2,13,15H2,1H3,(H,27,29). The zero-order chi connectivity index (χ0) is 22.2. The fourth-order valence-electron chi connectivity index (χ4n) is 2.83. The molecule has 3 aromatic rings. The predicted molar refractivity (Wildman–Crippen MR) is 122 cm³/mol. The van der Waals surface area contributed by atoms with E-state index in [2.05, 4.69) is 5.32 Å². The molecule has 0 radical (unpaired) electrons. The van der Waals surface area contributed by atoms with Crippen molar-refractivity contribution < 1.29 is 19.1 Å². The highest BCUT2D eigenvalue weighted by Gasteiger charge is 2.13. The number of hydrogen-bond donors (Lipinski definition) is 1. The Balaban J connectivity index is 1.65. The van der Waals surface area contributed by atoms with Gasteiger partial charge in [0, 0.05) is 16.3 Å². The fourth-order valence-corrected chi connectivity index (χ4v) is 3.22. The minimum absolute atomic E-state index is 0.179. The van der Waals surface area contributed by atoms with Gasteiger partial charge in [0.25, 0.3) is 5.91 Å². The smallest absolute Gasteiger partial charge is 0.310 e. The van der Waals surface area contributed by atoms with Crippen LogP contribution in [0.5, 0.6) is 5.75 Å². The van der Waals surface area contributed by atoms with Gasteiger partial charge in [0.1, 0.15) is 12.4 Å². The maximum Gasteiger partial charge on any atom is 0.310 e. The van der Waals surface area contributed by atoms with E-state index in [1.807, 2.05) is 18.2 Å². The molecule has 0 saturated carbocycles. The summed E-state index contributed by atoms with van der Waals surface area (Å²) in [6.45, 7) is 2.37. The Labute approximate surface area is 190 Å². The van der Waals surface area contributed by atoms with Gasteiger partial charge < -0.3 is 14.8 Å². The maximum atomic E-state index is 12.7. The summed E-state index contributed by atoms with van der Waals surface area (Å²) in [5, 5.41) is 3.72. The van der Waals surface area contributed by atoms with Crippen LogP contribution in [0.25, 0.3) is 0 Å². The van der Waals surface area contributed by atoms with Crippen molar-refractivity contribution in [2.24, 2.45) is 0 Å². The van der Waals surface area contributed by atoms with Gasteiger partial charge in [-0.15, -0.1) is 0 Å². The van der Waals surface area contributed by atoms with Crippen molar-refractivity contribution in [2.45, 2.75) is 20.0 Å². The van der Waals surface area contributed by atoms with Crippen LogP contribution in [0.3, 0.4) is 0 Å². The van der Waals surface area contributed by atoms with Gasteiger partial charge in [-0.1, -0.05) is 53.5 Å². The molecule has 1 N–H and O–H groups in total. The third kappa shape index (κ3) is 6.48.